The Morgan fingerprint density at radius 1 is 1.89 bits per heavy atom. The minimum absolute atomic E-state index is 0.0810. The van der Waals surface area contributed by atoms with Crippen LogP contribution in [0.25, 0.3) is 0 Å². The number of aryl methyl sites for hydroxylation is 1. The van der Waals surface area contributed by atoms with Crippen LogP contribution in [0.3, 0.4) is 0 Å². The largest absolute Gasteiger partial charge is 0.343 e. The lowest BCUT2D eigenvalue weighted by atomic mass is 10.6. The number of nitro groups is 1. The molecule has 0 fully saturated rings. The molecule has 4 heteroatoms. The van der Waals surface area contributed by atoms with E-state index < -0.39 is 4.92 Å². The summed E-state index contributed by atoms with van der Waals surface area (Å²) >= 11 is 0. The van der Waals surface area contributed by atoms with Crippen molar-refractivity contribution in [1.29, 1.82) is 0 Å². The highest BCUT2D eigenvalue weighted by molar-refractivity contribution is 5.24. The first-order chi connectivity index (χ1) is 4.20. The molecule has 1 radical (unpaired) electrons. The molecule has 1 aromatic rings. The van der Waals surface area contributed by atoms with Gasteiger partial charge in [-0.15, -0.1) is 0 Å². The Bertz CT molecular complexity index is 229. The molecule has 0 saturated carbocycles. The van der Waals surface area contributed by atoms with E-state index in [9.17, 15) is 10.1 Å². The van der Waals surface area contributed by atoms with E-state index in [2.05, 4.69) is 6.20 Å². The van der Waals surface area contributed by atoms with Gasteiger partial charge in [-0.25, -0.2) is 0 Å². The maximum atomic E-state index is 9.99. The molecule has 0 aliphatic heterocycles. The highest BCUT2D eigenvalue weighted by Gasteiger charge is 2.03. The van der Waals surface area contributed by atoms with Crippen LogP contribution in [-0.2, 0) is 7.05 Å². The van der Waals surface area contributed by atoms with Crippen LogP contribution in [0.5, 0.6) is 0 Å². The molecule has 1 rings (SSSR count). The predicted octanol–water partition coefficient (Wildman–Crippen LogP) is 0.733. The van der Waals surface area contributed by atoms with Gasteiger partial charge in [0.05, 0.1) is 17.3 Å². The standard InChI is InChI=1S/C5H5N2O2/c1-6-3-2-5(4-6)7(8)9/h2,4H,1H3. The fourth-order valence-electron chi connectivity index (χ4n) is 0.541. The van der Waals surface area contributed by atoms with Gasteiger partial charge in [-0.3, -0.25) is 10.1 Å². The molecule has 0 spiro atoms. The molecule has 4 nitrogen and oxygen atoms in total. The Morgan fingerprint density at radius 3 is 2.78 bits per heavy atom. The van der Waals surface area contributed by atoms with Gasteiger partial charge in [0.1, 0.15) is 0 Å². The number of nitrogens with zero attached hydrogens (tertiary/aromatic N) is 2. The van der Waals surface area contributed by atoms with Crippen LogP contribution >= 0.6 is 0 Å². The van der Waals surface area contributed by atoms with Crippen LogP contribution < -0.4 is 0 Å². The molecule has 0 bridgehead atoms. The van der Waals surface area contributed by atoms with Gasteiger partial charge in [-0.2, -0.15) is 0 Å². The minimum atomic E-state index is -0.448. The fourth-order valence-corrected chi connectivity index (χ4v) is 0.541. The molecule has 1 aromatic heterocycles. The van der Waals surface area contributed by atoms with Crippen molar-refractivity contribution in [2.75, 3.05) is 0 Å². The predicted molar refractivity (Wildman–Crippen MR) is 30.9 cm³/mol. The average Bonchev–Trinajstić information content (AvgIpc) is 2.14. The van der Waals surface area contributed by atoms with E-state index in [1.165, 1.54) is 16.8 Å². The van der Waals surface area contributed by atoms with E-state index in [-0.39, 0.29) is 5.69 Å². The number of hydrogen-bond donors (Lipinski definition) is 0. The molecule has 0 unspecified atom stereocenters. The van der Waals surface area contributed by atoms with Crippen molar-refractivity contribution in [3.63, 3.8) is 0 Å². The van der Waals surface area contributed by atoms with Gasteiger partial charge in [0.25, 0.3) is 5.69 Å². The van der Waals surface area contributed by atoms with E-state index in [0.717, 1.165) is 0 Å². The minimum Gasteiger partial charge on any atom is -0.343 e. The number of aromatic nitrogens is 1. The second kappa shape index (κ2) is 1.89. The Balaban J connectivity index is 2.98. The van der Waals surface area contributed by atoms with Crippen molar-refractivity contribution >= 4 is 5.69 Å². The summed E-state index contributed by atoms with van der Waals surface area (Å²) in [5.74, 6) is 0. The van der Waals surface area contributed by atoms with Gasteiger partial charge >= 0.3 is 0 Å². The van der Waals surface area contributed by atoms with E-state index in [4.69, 9.17) is 0 Å². The van der Waals surface area contributed by atoms with Crippen LogP contribution in [0, 0.1) is 16.3 Å². The van der Waals surface area contributed by atoms with Crippen LogP contribution in [0.4, 0.5) is 5.69 Å². The molecule has 0 amide bonds. The summed E-state index contributed by atoms with van der Waals surface area (Å²) in [6.45, 7) is 0. The van der Waals surface area contributed by atoms with Crippen molar-refractivity contribution in [3.8, 4) is 0 Å². The normalized spacial score (nSPS) is 9.44. The summed E-state index contributed by atoms with van der Waals surface area (Å²) in [6.07, 6.45) is 4.03. The van der Waals surface area contributed by atoms with Crippen molar-refractivity contribution in [3.05, 3.63) is 28.6 Å². The second-order valence-corrected chi connectivity index (χ2v) is 1.70. The van der Waals surface area contributed by atoms with Gasteiger partial charge < -0.3 is 4.57 Å². The third-order valence-corrected chi connectivity index (χ3v) is 0.953. The monoisotopic (exact) mass is 125 g/mol. The third kappa shape index (κ3) is 1.07. The first-order valence-electron chi connectivity index (χ1n) is 2.38. The summed E-state index contributed by atoms with van der Waals surface area (Å²) in [6, 6.07) is 1.33. The maximum absolute atomic E-state index is 9.99. The van der Waals surface area contributed by atoms with Gasteiger partial charge in [0, 0.05) is 13.1 Å². The Hall–Kier alpha value is -1.32. The Morgan fingerprint density at radius 2 is 2.56 bits per heavy atom. The van der Waals surface area contributed by atoms with E-state index in [1.54, 1.807) is 7.05 Å². The van der Waals surface area contributed by atoms with Gasteiger partial charge in [0.2, 0.25) is 0 Å². The Labute approximate surface area is 51.9 Å². The SMILES string of the molecule is Cn1[c]cc([N+](=O)[O-])c1. The molecule has 0 aliphatic carbocycles. The number of hydrogen-bond acceptors (Lipinski definition) is 2. The number of rotatable bonds is 1. The first kappa shape index (κ1) is 5.81. The smallest absolute Gasteiger partial charge is 0.287 e. The van der Waals surface area contributed by atoms with Crippen LogP contribution in [0.1, 0.15) is 0 Å². The third-order valence-electron chi connectivity index (χ3n) is 0.953. The summed E-state index contributed by atoms with van der Waals surface area (Å²) in [5.41, 5.74) is 0.0810. The highest BCUT2D eigenvalue weighted by atomic mass is 16.6. The second-order valence-electron chi connectivity index (χ2n) is 1.70. The molecule has 0 aromatic carbocycles. The van der Waals surface area contributed by atoms with E-state index in [0.29, 0.717) is 0 Å². The van der Waals surface area contributed by atoms with Crippen molar-refractivity contribution in [2.45, 2.75) is 0 Å². The van der Waals surface area contributed by atoms with Crippen LogP contribution in [-0.4, -0.2) is 9.49 Å². The molecule has 0 atom stereocenters. The molecule has 9 heavy (non-hydrogen) atoms. The van der Waals surface area contributed by atoms with Crippen LogP contribution in [0.15, 0.2) is 12.3 Å². The zero-order valence-electron chi connectivity index (χ0n) is 4.87. The summed E-state index contributed by atoms with van der Waals surface area (Å²) < 4.78 is 1.51. The summed E-state index contributed by atoms with van der Waals surface area (Å²) in [7, 11) is 1.69. The topological polar surface area (TPSA) is 48.1 Å². The molecule has 1 heterocycles. The molecular weight excluding hydrogens is 120 g/mol. The van der Waals surface area contributed by atoms with Crippen molar-refractivity contribution in [2.24, 2.45) is 7.05 Å². The lowest BCUT2D eigenvalue weighted by Crippen LogP contribution is -1.84. The Kier molecular flexibility index (Phi) is 1.22. The maximum Gasteiger partial charge on any atom is 0.287 e. The molecular formula is C5H5N2O2. The lowest BCUT2D eigenvalue weighted by molar-refractivity contribution is -0.384. The van der Waals surface area contributed by atoms with Gasteiger partial charge in [0.15, 0.2) is 0 Å². The van der Waals surface area contributed by atoms with Gasteiger partial charge in [-0.1, -0.05) is 0 Å². The molecule has 0 N–H and O–H groups in total. The molecule has 0 aliphatic rings. The summed E-state index contributed by atoms with van der Waals surface area (Å²) in [4.78, 5) is 9.54. The average molecular weight is 125 g/mol. The van der Waals surface area contributed by atoms with Crippen molar-refractivity contribution < 1.29 is 4.92 Å². The first-order valence-corrected chi connectivity index (χ1v) is 2.38. The highest BCUT2D eigenvalue weighted by Crippen LogP contribution is 2.07. The van der Waals surface area contributed by atoms with Crippen LogP contribution in [0.2, 0.25) is 0 Å². The molecule has 47 valence electrons. The van der Waals surface area contributed by atoms with E-state index >= 15 is 0 Å². The fraction of sp³-hybridized carbons (Fsp3) is 0.200. The quantitative estimate of drug-likeness (QED) is 0.410. The zero-order valence-corrected chi connectivity index (χ0v) is 4.87. The lowest BCUT2D eigenvalue weighted by Gasteiger charge is -1.81. The van der Waals surface area contributed by atoms with Crippen molar-refractivity contribution in [1.82, 2.24) is 4.57 Å². The zero-order chi connectivity index (χ0) is 6.85. The van der Waals surface area contributed by atoms with Gasteiger partial charge in [-0.05, 0) is 0 Å². The van der Waals surface area contributed by atoms with E-state index in [1.807, 2.05) is 0 Å². The summed E-state index contributed by atoms with van der Waals surface area (Å²) in [5, 5.41) is 9.99. The molecule has 0 saturated heterocycles.